The largest absolute Gasteiger partial charge is 0.436 e. The first kappa shape index (κ1) is 19.6. The standard InChI is InChI=1S/C22H16ClN3O4/c1-12-3-6-16(13(2)9-12)22-25-19-10-14(4-8-20(19)30-22)24-21(27)17-7-5-15(26(28)29)11-18(17)23/h3-11H,1-2H3,(H,24,27). The Labute approximate surface area is 176 Å². The van der Waals surface area contributed by atoms with E-state index in [1.54, 1.807) is 18.2 Å². The number of non-ortho nitro benzene ring substituents is 1. The zero-order valence-corrected chi connectivity index (χ0v) is 16.9. The summed E-state index contributed by atoms with van der Waals surface area (Å²) in [7, 11) is 0. The predicted octanol–water partition coefficient (Wildman–Crippen LogP) is 5.93. The Morgan fingerprint density at radius 1 is 1.10 bits per heavy atom. The first-order chi connectivity index (χ1) is 14.3. The molecule has 7 nitrogen and oxygen atoms in total. The van der Waals surface area contributed by atoms with Crippen molar-refractivity contribution in [2.45, 2.75) is 13.8 Å². The molecule has 0 saturated carbocycles. The third kappa shape index (κ3) is 3.75. The molecule has 0 aliphatic heterocycles. The van der Waals surface area contributed by atoms with Gasteiger partial charge in [0.05, 0.1) is 15.5 Å². The fourth-order valence-electron chi connectivity index (χ4n) is 3.17. The van der Waals surface area contributed by atoms with E-state index in [9.17, 15) is 14.9 Å². The monoisotopic (exact) mass is 421 g/mol. The van der Waals surface area contributed by atoms with Crippen LogP contribution in [0.3, 0.4) is 0 Å². The van der Waals surface area contributed by atoms with E-state index in [1.165, 1.54) is 12.1 Å². The molecule has 8 heteroatoms. The van der Waals surface area contributed by atoms with Crippen LogP contribution < -0.4 is 5.32 Å². The number of benzene rings is 3. The van der Waals surface area contributed by atoms with Gasteiger partial charge in [0.1, 0.15) is 5.52 Å². The van der Waals surface area contributed by atoms with Crippen LogP contribution in [0, 0.1) is 24.0 Å². The lowest BCUT2D eigenvalue weighted by atomic mass is 10.1. The molecule has 0 atom stereocenters. The number of fused-ring (bicyclic) bond motifs is 1. The highest BCUT2D eigenvalue weighted by Gasteiger charge is 2.16. The zero-order valence-electron chi connectivity index (χ0n) is 16.1. The number of carbonyl (C=O) groups excluding carboxylic acids is 1. The second-order valence-corrected chi connectivity index (χ2v) is 7.30. The Hall–Kier alpha value is -3.71. The number of rotatable bonds is 4. The number of nitro benzene ring substituents is 1. The van der Waals surface area contributed by atoms with Crippen molar-refractivity contribution >= 4 is 40.0 Å². The van der Waals surface area contributed by atoms with Gasteiger partial charge >= 0.3 is 0 Å². The molecule has 0 aliphatic rings. The number of nitrogens with zero attached hydrogens (tertiary/aromatic N) is 2. The normalized spacial score (nSPS) is 10.9. The minimum Gasteiger partial charge on any atom is -0.436 e. The second kappa shape index (κ2) is 7.61. The van der Waals surface area contributed by atoms with Gasteiger partial charge < -0.3 is 9.73 Å². The van der Waals surface area contributed by atoms with Crippen molar-refractivity contribution < 1.29 is 14.1 Å². The first-order valence-electron chi connectivity index (χ1n) is 9.05. The molecule has 0 saturated heterocycles. The van der Waals surface area contributed by atoms with Crippen molar-refractivity contribution in [2.24, 2.45) is 0 Å². The van der Waals surface area contributed by atoms with E-state index in [2.05, 4.69) is 16.4 Å². The minimum atomic E-state index is -0.570. The summed E-state index contributed by atoms with van der Waals surface area (Å²) >= 11 is 6.03. The number of aryl methyl sites for hydroxylation is 2. The molecule has 30 heavy (non-hydrogen) atoms. The van der Waals surface area contributed by atoms with E-state index < -0.39 is 10.8 Å². The fraction of sp³-hybridized carbons (Fsp3) is 0.0909. The number of oxazole rings is 1. The van der Waals surface area contributed by atoms with Crippen LogP contribution in [0.15, 0.2) is 59.0 Å². The maximum atomic E-state index is 12.5. The number of aromatic nitrogens is 1. The van der Waals surface area contributed by atoms with Gasteiger partial charge in [-0.05, 0) is 49.7 Å². The molecule has 1 amide bonds. The Balaban J connectivity index is 1.61. The second-order valence-electron chi connectivity index (χ2n) is 6.90. The average Bonchev–Trinajstić information content (AvgIpc) is 3.10. The van der Waals surface area contributed by atoms with Crippen molar-refractivity contribution in [3.63, 3.8) is 0 Å². The van der Waals surface area contributed by atoms with E-state index in [-0.39, 0.29) is 16.3 Å². The molecule has 1 N–H and O–H groups in total. The molecule has 1 heterocycles. The molecule has 3 aromatic carbocycles. The number of amides is 1. The van der Waals surface area contributed by atoms with Crippen molar-refractivity contribution in [3.05, 3.63) is 86.4 Å². The van der Waals surface area contributed by atoms with Gasteiger partial charge in [0.25, 0.3) is 11.6 Å². The molecule has 0 aliphatic carbocycles. The van der Waals surface area contributed by atoms with Crippen molar-refractivity contribution in [2.75, 3.05) is 5.32 Å². The Bertz CT molecular complexity index is 1310. The maximum absolute atomic E-state index is 12.5. The summed E-state index contributed by atoms with van der Waals surface area (Å²) < 4.78 is 5.87. The summed E-state index contributed by atoms with van der Waals surface area (Å²) in [6.45, 7) is 4.02. The van der Waals surface area contributed by atoms with Gasteiger partial charge in [-0.1, -0.05) is 29.3 Å². The Kier molecular flexibility index (Phi) is 4.97. The van der Waals surface area contributed by atoms with E-state index in [0.29, 0.717) is 22.7 Å². The van der Waals surface area contributed by atoms with Crippen LogP contribution >= 0.6 is 11.6 Å². The summed E-state index contributed by atoms with van der Waals surface area (Å²) in [6, 6.07) is 14.8. The summed E-state index contributed by atoms with van der Waals surface area (Å²) in [6.07, 6.45) is 0. The Morgan fingerprint density at radius 2 is 1.90 bits per heavy atom. The molecule has 4 aromatic rings. The van der Waals surface area contributed by atoms with E-state index in [1.807, 2.05) is 26.0 Å². The van der Waals surface area contributed by atoms with Crippen LogP contribution in [-0.2, 0) is 0 Å². The summed E-state index contributed by atoms with van der Waals surface area (Å²) in [5.74, 6) is 0.0248. The lowest BCUT2D eigenvalue weighted by Gasteiger charge is -2.06. The number of halogens is 1. The lowest BCUT2D eigenvalue weighted by molar-refractivity contribution is -0.384. The lowest BCUT2D eigenvalue weighted by Crippen LogP contribution is -2.12. The molecule has 0 fully saturated rings. The van der Waals surface area contributed by atoms with Crippen LogP contribution in [0.2, 0.25) is 5.02 Å². The highest BCUT2D eigenvalue weighted by molar-refractivity contribution is 6.34. The van der Waals surface area contributed by atoms with Gasteiger partial charge in [-0.25, -0.2) is 4.98 Å². The maximum Gasteiger partial charge on any atom is 0.270 e. The molecule has 0 bridgehead atoms. The highest BCUT2D eigenvalue weighted by Crippen LogP contribution is 2.29. The van der Waals surface area contributed by atoms with Crippen molar-refractivity contribution in [1.82, 2.24) is 4.98 Å². The molecular formula is C22H16ClN3O4. The van der Waals surface area contributed by atoms with E-state index in [0.717, 1.165) is 22.8 Å². The molecule has 4 rings (SSSR count). The number of nitrogens with one attached hydrogen (secondary N) is 1. The van der Waals surface area contributed by atoms with Gasteiger partial charge in [-0.3, -0.25) is 14.9 Å². The molecule has 0 spiro atoms. The number of hydrogen-bond acceptors (Lipinski definition) is 5. The van der Waals surface area contributed by atoms with Gasteiger partial charge in [0.2, 0.25) is 5.89 Å². The van der Waals surface area contributed by atoms with Crippen LogP contribution in [0.4, 0.5) is 11.4 Å². The van der Waals surface area contributed by atoms with Crippen molar-refractivity contribution in [1.29, 1.82) is 0 Å². The molecule has 0 radical (unpaired) electrons. The van der Waals surface area contributed by atoms with Gasteiger partial charge in [0.15, 0.2) is 5.58 Å². The smallest absolute Gasteiger partial charge is 0.270 e. The van der Waals surface area contributed by atoms with Crippen LogP contribution in [0.1, 0.15) is 21.5 Å². The number of hydrogen-bond donors (Lipinski definition) is 1. The topological polar surface area (TPSA) is 98.3 Å². The fourth-order valence-corrected chi connectivity index (χ4v) is 3.43. The third-order valence-corrected chi connectivity index (χ3v) is 4.98. The average molecular weight is 422 g/mol. The predicted molar refractivity (Wildman–Crippen MR) is 115 cm³/mol. The molecular weight excluding hydrogens is 406 g/mol. The SMILES string of the molecule is Cc1ccc(-c2nc3cc(NC(=O)c4ccc([N+](=O)[O-])cc4Cl)ccc3o2)c(C)c1. The van der Waals surface area contributed by atoms with Gasteiger partial charge in [0, 0.05) is 23.4 Å². The highest BCUT2D eigenvalue weighted by atomic mass is 35.5. The number of nitro groups is 1. The van der Waals surface area contributed by atoms with Crippen LogP contribution in [0.25, 0.3) is 22.6 Å². The van der Waals surface area contributed by atoms with Gasteiger partial charge in [-0.15, -0.1) is 0 Å². The minimum absolute atomic E-state index is 0.00125. The van der Waals surface area contributed by atoms with Crippen molar-refractivity contribution in [3.8, 4) is 11.5 Å². The van der Waals surface area contributed by atoms with E-state index >= 15 is 0 Å². The van der Waals surface area contributed by atoms with Gasteiger partial charge in [-0.2, -0.15) is 0 Å². The molecule has 150 valence electrons. The quantitative estimate of drug-likeness (QED) is 0.325. The van der Waals surface area contributed by atoms with Crippen LogP contribution in [-0.4, -0.2) is 15.8 Å². The molecule has 1 aromatic heterocycles. The van der Waals surface area contributed by atoms with E-state index in [4.69, 9.17) is 16.0 Å². The zero-order chi connectivity index (χ0) is 21.4. The van der Waals surface area contributed by atoms with Crippen LogP contribution in [0.5, 0.6) is 0 Å². The summed E-state index contributed by atoms with van der Waals surface area (Å²) in [5, 5.41) is 13.6. The number of carbonyl (C=O) groups is 1. The summed E-state index contributed by atoms with van der Waals surface area (Å²) in [4.78, 5) is 27.3. The number of anilines is 1. The molecule has 0 unspecified atom stereocenters. The first-order valence-corrected chi connectivity index (χ1v) is 9.43. The Morgan fingerprint density at radius 3 is 2.60 bits per heavy atom. The summed E-state index contributed by atoms with van der Waals surface area (Å²) in [5.41, 5.74) is 4.76. The third-order valence-electron chi connectivity index (χ3n) is 4.67.